The second-order valence-corrected chi connectivity index (χ2v) is 6.42. The van der Waals surface area contributed by atoms with E-state index < -0.39 is 0 Å². The first-order valence-corrected chi connectivity index (χ1v) is 9.07. The molecule has 1 aliphatic heterocycles. The van der Waals surface area contributed by atoms with E-state index in [1.165, 1.54) is 5.56 Å². The minimum atomic E-state index is -0.384. The summed E-state index contributed by atoms with van der Waals surface area (Å²) in [6, 6.07) is 17.2. The lowest BCUT2D eigenvalue weighted by molar-refractivity contribution is -0.124. The van der Waals surface area contributed by atoms with Gasteiger partial charge in [-0.25, -0.2) is 0 Å². The number of benzene rings is 2. The van der Waals surface area contributed by atoms with E-state index in [1.807, 2.05) is 18.2 Å². The molecule has 3 rings (SSSR count). The molecule has 0 bridgehead atoms. The summed E-state index contributed by atoms with van der Waals surface area (Å²) in [5.74, 6) is -0.283. The second kappa shape index (κ2) is 9.15. The van der Waals surface area contributed by atoms with Crippen LogP contribution in [-0.2, 0) is 16.0 Å². The maximum Gasteiger partial charge on any atom is 0.253 e. The van der Waals surface area contributed by atoms with Gasteiger partial charge in [0.2, 0.25) is 0 Å². The van der Waals surface area contributed by atoms with Crippen molar-refractivity contribution in [3.8, 4) is 0 Å². The molecule has 2 aromatic rings. The van der Waals surface area contributed by atoms with E-state index in [4.69, 9.17) is 4.74 Å². The lowest BCUT2D eigenvalue weighted by Gasteiger charge is -2.11. The Kier molecular flexibility index (Phi) is 6.39. The van der Waals surface area contributed by atoms with E-state index >= 15 is 0 Å². The predicted octanol–water partition coefficient (Wildman–Crippen LogP) is 3.17. The van der Waals surface area contributed by atoms with Crippen molar-refractivity contribution in [2.45, 2.75) is 31.8 Å². The molecule has 0 aliphatic carbocycles. The Bertz CT molecular complexity index is 740. The monoisotopic (exact) mass is 352 g/mol. The van der Waals surface area contributed by atoms with Gasteiger partial charge in [-0.2, -0.15) is 0 Å². The van der Waals surface area contributed by atoms with Crippen molar-refractivity contribution in [2.75, 3.05) is 18.5 Å². The number of amides is 2. The smallest absolute Gasteiger partial charge is 0.253 e. The molecule has 0 aromatic heterocycles. The number of ether oxygens (including phenoxy) is 1. The number of anilines is 1. The highest BCUT2D eigenvalue weighted by Gasteiger charge is 2.23. The molecule has 5 heteroatoms. The highest BCUT2D eigenvalue weighted by Crippen LogP contribution is 2.16. The van der Waals surface area contributed by atoms with Gasteiger partial charge in [-0.05, 0) is 49.4 Å². The number of hydrogen-bond acceptors (Lipinski definition) is 3. The number of carbonyl (C=O) groups excluding carboxylic acids is 2. The van der Waals surface area contributed by atoms with Crippen LogP contribution in [0.3, 0.4) is 0 Å². The average Bonchev–Trinajstić information content (AvgIpc) is 3.21. The molecular formula is C21H24N2O3. The lowest BCUT2D eigenvalue weighted by atomic mass is 10.1. The molecule has 1 saturated heterocycles. The van der Waals surface area contributed by atoms with Crippen LogP contribution in [0.25, 0.3) is 0 Å². The minimum absolute atomic E-state index is 0.133. The molecule has 1 unspecified atom stereocenters. The fourth-order valence-electron chi connectivity index (χ4n) is 2.99. The lowest BCUT2D eigenvalue weighted by Crippen LogP contribution is -2.27. The van der Waals surface area contributed by atoms with E-state index in [0.717, 1.165) is 25.7 Å². The Morgan fingerprint density at radius 1 is 1.08 bits per heavy atom. The van der Waals surface area contributed by atoms with Crippen LogP contribution in [0, 0.1) is 0 Å². The van der Waals surface area contributed by atoms with Crippen LogP contribution in [-0.4, -0.2) is 31.1 Å². The number of aryl methyl sites for hydroxylation is 1. The van der Waals surface area contributed by atoms with Crippen molar-refractivity contribution in [3.05, 3.63) is 65.7 Å². The summed E-state index contributed by atoms with van der Waals surface area (Å²) in [7, 11) is 0. The fourth-order valence-corrected chi connectivity index (χ4v) is 2.99. The zero-order valence-electron chi connectivity index (χ0n) is 14.7. The molecular weight excluding hydrogens is 328 g/mol. The Labute approximate surface area is 153 Å². The summed E-state index contributed by atoms with van der Waals surface area (Å²) >= 11 is 0. The van der Waals surface area contributed by atoms with Crippen LogP contribution in [0.1, 0.15) is 35.2 Å². The van der Waals surface area contributed by atoms with E-state index in [2.05, 4.69) is 22.8 Å². The van der Waals surface area contributed by atoms with Gasteiger partial charge in [0.25, 0.3) is 11.8 Å². The van der Waals surface area contributed by atoms with Crippen molar-refractivity contribution in [3.63, 3.8) is 0 Å². The summed E-state index contributed by atoms with van der Waals surface area (Å²) in [5.41, 5.74) is 2.41. The fraction of sp³-hybridized carbons (Fsp3) is 0.333. The highest BCUT2D eigenvalue weighted by molar-refractivity contribution is 5.98. The molecule has 136 valence electrons. The van der Waals surface area contributed by atoms with Gasteiger partial charge in [0.15, 0.2) is 0 Å². The molecule has 1 fully saturated rings. The van der Waals surface area contributed by atoms with E-state index in [-0.39, 0.29) is 17.9 Å². The van der Waals surface area contributed by atoms with Gasteiger partial charge in [0.1, 0.15) is 6.10 Å². The van der Waals surface area contributed by atoms with Gasteiger partial charge in [-0.3, -0.25) is 9.59 Å². The van der Waals surface area contributed by atoms with Gasteiger partial charge in [-0.1, -0.05) is 36.4 Å². The van der Waals surface area contributed by atoms with Gasteiger partial charge in [0.05, 0.1) is 0 Å². The van der Waals surface area contributed by atoms with Gasteiger partial charge in [0, 0.05) is 24.4 Å². The largest absolute Gasteiger partial charge is 0.368 e. The summed E-state index contributed by atoms with van der Waals surface area (Å²) in [6.45, 7) is 1.24. The molecule has 0 saturated carbocycles. The molecule has 1 heterocycles. The number of rotatable bonds is 7. The molecule has 1 atom stereocenters. The zero-order chi connectivity index (χ0) is 18.2. The standard InChI is InChI=1S/C21H24N2O3/c24-20(22-13-5-9-16-7-2-1-3-8-16)17-10-4-11-18(15-17)23-21(25)19-12-6-14-26-19/h1-4,7-8,10-11,15,19H,5-6,9,12-14H2,(H,22,24)(H,23,25). The van der Waals surface area contributed by atoms with Crippen LogP contribution in [0.4, 0.5) is 5.69 Å². The van der Waals surface area contributed by atoms with Crippen molar-refractivity contribution >= 4 is 17.5 Å². The molecule has 2 N–H and O–H groups in total. The average molecular weight is 352 g/mol. The van der Waals surface area contributed by atoms with Crippen LogP contribution < -0.4 is 10.6 Å². The Hall–Kier alpha value is -2.66. The van der Waals surface area contributed by atoms with E-state index in [0.29, 0.717) is 24.4 Å². The maximum atomic E-state index is 12.3. The van der Waals surface area contributed by atoms with Crippen LogP contribution >= 0.6 is 0 Å². The molecule has 5 nitrogen and oxygen atoms in total. The van der Waals surface area contributed by atoms with Crippen molar-refractivity contribution in [1.29, 1.82) is 0 Å². The Balaban J connectivity index is 1.47. The Morgan fingerprint density at radius 3 is 2.69 bits per heavy atom. The molecule has 0 spiro atoms. The molecule has 1 aliphatic rings. The van der Waals surface area contributed by atoms with Crippen molar-refractivity contribution < 1.29 is 14.3 Å². The molecule has 0 radical (unpaired) electrons. The zero-order valence-corrected chi connectivity index (χ0v) is 14.7. The van der Waals surface area contributed by atoms with Crippen LogP contribution in [0.15, 0.2) is 54.6 Å². The van der Waals surface area contributed by atoms with E-state index in [1.54, 1.807) is 24.3 Å². The predicted molar refractivity (Wildman–Crippen MR) is 101 cm³/mol. The summed E-state index contributed by atoms with van der Waals surface area (Å²) in [6.07, 6.45) is 3.08. The number of nitrogens with one attached hydrogen (secondary N) is 2. The quantitative estimate of drug-likeness (QED) is 0.752. The summed E-state index contributed by atoms with van der Waals surface area (Å²) in [4.78, 5) is 24.4. The van der Waals surface area contributed by atoms with Gasteiger partial charge in [-0.15, -0.1) is 0 Å². The van der Waals surface area contributed by atoms with Crippen LogP contribution in [0.2, 0.25) is 0 Å². The minimum Gasteiger partial charge on any atom is -0.368 e. The first-order chi connectivity index (χ1) is 12.7. The molecule has 2 amide bonds. The highest BCUT2D eigenvalue weighted by atomic mass is 16.5. The molecule has 26 heavy (non-hydrogen) atoms. The Morgan fingerprint density at radius 2 is 1.92 bits per heavy atom. The third kappa shape index (κ3) is 5.17. The second-order valence-electron chi connectivity index (χ2n) is 6.42. The summed E-state index contributed by atoms with van der Waals surface area (Å²) in [5, 5.41) is 5.75. The topological polar surface area (TPSA) is 67.4 Å². The normalized spacial score (nSPS) is 16.2. The SMILES string of the molecule is O=C(NCCCc1ccccc1)c1cccc(NC(=O)C2CCCO2)c1. The number of carbonyl (C=O) groups is 2. The molecule has 2 aromatic carbocycles. The van der Waals surface area contributed by atoms with Gasteiger partial charge >= 0.3 is 0 Å². The first kappa shape index (κ1) is 18.1. The third-order valence-corrected chi connectivity index (χ3v) is 4.39. The van der Waals surface area contributed by atoms with Crippen molar-refractivity contribution in [1.82, 2.24) is 5.32 Å². The first-order valence-electron chi connectivity index (χ1n) is 9.07. The van der Waals surface area contributed by atoms with Crippen LogP contribution in [0.5, 0.6) is 0 Å². The maximum absolute atomic E-state index is 12.3. The van der Waals surface area contributed by atoms with Crippen molar-refractivity contribution in [2.24, 2.45) is 0 Å². The number of hydrogen-bond donors (Lipinski definition) is 2. The van der Waals surface area contributed by atoms with Gasteiger partial charge < -0.3 is 15.4 Å². The van der Waals surface area contributed by atoms with E-state index in [9.17, 15) is 9.59 Å². The summed E-state index contributed by atoms with van der Waals surface area (Å²) < 4.78 is 5.38. The third-order valence-electron chi connectivity index (χ3n) is 4.39.